The Morgan fingerprint density at radius 2 is 2.00 bits per heavy atom. The molecule has 0 heterocycles. The number of ether oxygens (including phenoxy) is 1. The lowest BCUT2D eigenvalue weighted by atomic mass is 9.69. The number of esters is 1. The summed E-state index contributed by atoms with van der Waals surface area (Å²) >= 11 is 0. The summed E-state index contributed by atoms with van der Waals surface area (Å²) in [5, 5.41) is 0. The van der Waals surface area contributed by atoms with Crippen molar-refractivity contribution in [3.8, 4) is 0 Å². The molecule has 1 unspecified atom stereocenters. The van der Waals surface area contributed by atoms with E-state index in [1.807, 2.05) is 6.92 Å². The third-order valence-corrected chi connectivity index (χ3v) is 3.25. The second-order valence-electron chi connectivity index (χ2n) is 5.18. The topological polar surface area (TPSA) is 52.3 Å². The van der Waals surface area contributed by atoms with E-state index >= 15 is 0 Å². The molecule has 1 aliphatic rings. The summed E-state index contributed by atoms with van der Waals surface area (Å²) in [4.78, 5) is 11.9. The summed E-state index contributed by atoms with van der Waals surface area (Å²) in [6.07, 6.45) is 3.84. The first kappa shape index (κ1) is 12.5. The molecule has 3 heteroatoms. The Bertz CT molecular complexity index is 216. The van der Waals surface area contributed by atoms with Crippen LogP contribution in [0.15, 0.2) is 0 Å². The minimum absolute atomic E-state index is 0.0153. The highest BCUT2D eigenvalue weighted by Crippen LogP contribution is 2.41. The van der Waals surface area contributed by atoms with Crippen LogP contribution >= 0.6 is 0 Å². The number of nitrogens with two attached hydrogens (primary N) is 1. The molecular weight excluding hydrogens is 190 g/mol. The minimum atomic E-state index is -0.342. The minimum Gasteiger partial charge on any atom is -0.462 e. The average molecular weight is 213 g/mol. The van der Waals surface area contributed by atoms with Gasteiger partial charge in [0.25, 0.3) is 0 Å². The molecule has 1 aliphatic carbocycles. The zero-order valence-corrected chi connectivity index (χ0v) is 10.1. The van der Waals surface area contributed by atoms with E-state index in [0.717, 1.165) is 25.7 Å². The predicted octanol–water partition coefficient (Wildman–Crippen LogP) is 2.09. The van der Waals surface area contributed by atoms with E-state index < -0.39 is 0 Å². The van der Waals surface area contributed by atoms with Gasteiger partial charge in [-0.25, -0.2) is 0 Å². The summed E-state index contributed by atoms with van der Waals surface area (Å²) in [5.74, 6) is 0.479. The van der Waals surface area contributed by atoms with Gasteiger partial charge in [0.2, 0.25) is 0 Å². The van der Waals surface area contributed by atoms with E-state index in [2.05, 4.69) is 13.8 Å². The van der Waals surface area contributed by atoms with Crippen LogP contribution in [0.4, 0.5) is 0 Å². The molecule has 0 aromatic carbocycles. The normalized spacial score (nSPS) is 20.9. The second-order valence-corrected chi connectivity index (χ2v) is 5.18. The Morgan fingerprint density at radius 1 is 1.40 bits per heavy atom. The fraction of sp³-hybridized carbons (Fsp3) is 0.917. The molecule has 0 spiro atoms. The van der Waals surface area contributed by atoms with Crippen molar-refractivity contribution in [1.82, 2.24) is 0 Å². The standard InChI is InChI=1S/C12H23NO2/c1-9(2)7-10(3)15-11(14)12(8-13)5-4-6-12/h9-10H,4-8,13H2,1-3H3. The molecule has 0 amide bonds. The van der Waals surface area contributed by atoms with Gasteiger partial charge in [0, 0.05) is 6.54 Å². The quantitative estimate of drug-likeness (QED) is 0.711. The van der Waals surface area contributed by atoms with E-state index in [9.17, 15) is 4.79 Å². The molecule has 1 atom stereocenters. The summed E-state index contributed by atoms with van der Waals surface area (Å²) in [5.41, 5.74) is 5.30. The Labute approximate surface area is 92.4 Å². The fourth-order valence-corrected chi connectivity index (χ4v) is 2.11. The maximum absolute atomic E-state index is 11.9. The van der Waals surface area contributed by atoms with Crippen molar-refractivity contribution in [2.75, 3.05) is 6.54 Å². The third kappa shape index (κ3) is 2.94. The molecule has 0 bridgehead atoms. The van der Waals surface area contributed by atoms with Gasteiger partial charge in [0.05, 0.1) is 11.5 Å². The first-order valence-electron chi connectivity index (χ1n) is 5.91. The van der Waals surface area contributed by atoms with E-state index in [-0.39, 0.29) is 17.5 Å². The number of hydrogen-bond donors (Lipinski definition) is 1. The van der Waals surface area contributed by atoms with E-state index in [1.165, 1.54) is 0 Å². The molecule has 0 aromatic rings. The van der Waals surface area contributed by atoms with Crippen LogP contribution in [0.2, 0.25) is 0 Å². The molecule has 2 N–H and O–H groups in total. The molecule has 88 valence electrons. The van der Waals surface area contributed by atoms with E-state index in [0.29, 0.717) is 12.5 Å². The Balaban J connectivity index is 2.40. The van der Waals surface area contributed by atoms with Crippen LogP contribution in [0.1, 0.15) is 46.5 Å². The van der Waals surface area contributed by atoms with Crippen molar-refractivity contribution in [3.05, 3.63) is 0 Å². The van der Waals surface area contributed by atoms with Gasteiger partial charge in [-0.2, -0.15) is 0 Å². The molecule has 1 fully saturated rings. The molecule has 0 saturated heterocycles. The van der Waals surface area contributed by atoms with Gasteiger partial charge in [-0.05, 0) is 32.1 Å². The third-order valence-electron chi connectivity index (χ3n) is 3.25. The van der Waals surface area contributed by atoms with E-state index in [1.54, 1.807) is 0 Å². The van der Waals surface area contributed by atoms with Crippen LogP contribution < -0.4 is 5.73 Å². The fourth-order valence-electron chi connectivity index (χ4n) is 2.11. The van der Waals surface area contributed by atoms with Crippen molar-refractivity contribution >= 4 is 5.97 Å². The van der Waals surface area contributed by atoms with Crippen molar-refractivity contribution in [2.24, 2.45) is 17.1 Å². The first-order chi connectivity index (χ1) is 7.00. The highest BCUT2D eigenvalue weighted by molar-refractivity contribution is 5.78. The monoisotopic (exact) mass is 213 g/mol. The van der Waals surface area contributed by atoms with Gasteiger partial charge in [-0.15, -0.1) is 0 Å². The maximum Gasteiger partial charge on any atom is 0.313 e. The maximum atomic E-state index is 11.9. The zero-order valence-electron chi connectivity index (χ0n) is 10.1. The molecule has 0 radical (unpaired) electrons. The van der Waals surface area contributed by atoms with Gasteiger partial charge in [0.1, 0.15) is 0 Å². The number of hydrogen-bond acceptors (Lipinski definition) is 3. The van der Waals surface area contributed by atoms with Gasteiger partial charge in [-0.1, -0.05) is 20.3 Å². The Morgan fingerprint density at radius 3 is 2.33 bits per heavy atom. The van der Waals surface area contributed by atoms with Crippen molar-refractivity contribution < 1.29 is 9.53 Å². The Kier molecular flexibility index (Phi) is 4.14. The van der Waals surface area contributed by atoms with Crippen LogP contribution in [0, 0.1) is 11.3 Å². The van der Waals surface area contributed by atoms with Crippen molar-refractivity contribution in [2.45, 2.75) is 52.6 Å². The van der Waals surface area contributed by atoms with Crippen LogP contribution in [-0.4, -0.2) is 18.6 Å². The highest BCUT2D eigenvalue weighted by atomic mass is 16.5. The summed E-state index contributed by atoms with van der Waals surface area (Å²) < 4.78 is 5.44. The van der Waals surface area contributed by atoms with Gasteiger partial charge < -0.3 is 10.5 Å². The number of carbonyl (C=O) groups excluding carboxylic acids is 1. The van der Waals surface area contributed by atoms with E-state index in [4.69, 9.17) is 10.5 Å². The van der Waals surface area contributed by atoms with Crippen molar-refractivity contribution in [1.29, 1.82) is 0 Å². The molecular formula is C12H23NO2. The average Bonchev–Trinajstić information content (AvgIpc) is 2.00. The lowest BCUT2D eigenvalue weighted by molar-refractivity contribution is -0.166. The summed E-state index contributed by atoms with van der Waals surface area (Å²) in [7, 11) is 0. The molecule has 0 aliphatic heterocycles. The smallest absolute Gasteiger partial charge is 0.313 e. The number of rotatable bonds is 5. The predicted molar refractivity (Wildman–Crippen MR) is 60.3 cm³/mol. The second kappa shape index (κ2) is 4.97. The Hall–Kier alpha value is -0.570. The van der Waals surface area contributed by atoms with Gasteiger partial charge in [0.15, 0.2) is 0 Å². The van der Waals surface area contributed by atoms with Crippen LogP contribution in [0.5, 0.6) is 0 Å². The van der Waals surface area contributed by atoms with Crippen LogP contribution in [0.3, 0.4) is 0 Å². The summed E-state index contributed by atoms with van der Waals surface area (Å²) in [6.45, 7) is 6.65. The molecule has 1 saturated carbocycles. The number of carbonyl (C=O) groups is 1. The zero-order chi connectivity index (χ0) is 11.5. The van der Waals surface area contributed by atoms with Gasteiger partial charge in [-0.3, -0.25) is 4.79 Å². The largest absolute Gasteiger partial charge is 0.462 e. The van der Waals surface area contributed by atoms with Crippen LogP contribution in [0.25, 0.3) is 0 Å². The lowest BCUT2D eigenvalue weighted by Crippen LogP contribution is -2.46. The first-order valence-corrected chi connectivity index (χ1v) is 5.91. The van der Waals surface area contributed by atoms with Crippen molar-refractivity contribution in [3.63, 3.8) is 0 Å². The molecule has 15 heavy (non-hydrogen) atoms. The lowest BCUT2D eigenvalue weighted by Gasteiger charge is -2.38. The van der Waals surface area contributed by atoms with Crippen LogP contribution in [-0.2, 0) is 9.53 Å². The molecule has 0 aromatic heterocycles. The molecule has 1 rings (SSSR count). The summed E-state index contributed by atoms with van der Waals surface area (Å²) in [6, 6.07) is 0. The SMILES string of the molecule is CC(C)CC(C)OC(=O)C1(CN)CCC1. The molecule has 3 nitrogen and oxygen atoms in total. The van der Waals surface area contributed by atoms with Gasteiger partial charge >= 0.3 is 5.97 Å². The highest BCUT2D eigenvalue weighted by Gasteiger charge is 2.44.